The number of hydrogen-bond acceptors (Lipinski definition) is 7. The van der Waals surface area contributed by atoms with Gasteiger partial charge >= 0.3 is 0 Å². The molecule has 1 saturated heterocycles. The maximum Gasteiger partial charge on any atom is 0.232 e. The summed E-state index contributed by atoms with van der Waals surface area (Å²) in [4.78, 5) is 38.6. The summed E-state index contributed by atoms with van der Waals surface area (Å²) < 4.78 is 56.2. The molecule has 9 nitrogen and oxygen atoms in total. The molecule has 0 aliphatic carbocycles. The molecule has 1 amide bonds. The number of aromatic amines is 1. The van der Waals surface area contributed by atoms with Crippen molar-refractivity contribution in [2.75, 3.05) is 21.9 Å². The summed E-state index contributed by atoms with van der Waals surface area (Å²) in [7, 11) is -3.87. The van der Waals surface area contributed by atoms with E-state index in [0.29, 0.717) is 46.8 Å². The summed E-state index contributed by atoms with van der Waals surface area (Å²) in [5.41, 5.74) is -0.0238. The van der Waals surface area contributed by atoms with Crippen molar-refractivity contribution < 1.29 is 26.8 Å². The van der Waals surface area contributed by atoms with Crippen molar-refractivity contribution in [2.24, 2.45) is 0 Å². The number of fused-ring (bicyclic) bond motifs is 1. The SMILES string of the molecule is CCCS(=O)(=O)Nc1ccc(F)c(C(=O)c2c[nH]c3ncc(-c4csc(N5CCCC5=O)n4)cc23)c1F. The minimum atomic E-state index is -3.87. The Balaban J connectivity index is 1.51. The Hall–Kier alpha value is -3.71. The van der Waals surface area contributed by atoms with E-state index in [-0.39, 0.29) is 17.2 Å². The maximum absolute atomic E-state index is 15.2. The number of carbonyl (C=O) groups excluding carboxylic acids is 2. The second-order valence-electron chi connectivity index (χ2n) is 8.52. The fourth-order valence-electron chi connectivity index (χ4n) is 4.16. The smallest absolute Gasteiger partial charge is 0.232 e. The quantitative estimate of drug-likeness (QED) is 0.315. The highest BCUT2D eigenvalue weighted by molar-refractivity contribution is 7.92. The Bertz CT molecular complexity index is 1650. The Morgan fingerprint density at radius 1 is 1.30 bits per heavy atom. The topological polar surface area (TPSA) is 125 Å². The number of nitrogens with one attached hydrogen (secondary N) is 2. The Labute approximate surface area is 214 Å². The van der Waals surface area contributed by atoms with Crippen LogP contribution in [0, 0.1) is 11.6 Å². The van der Waals surface area contributed by atoms with Crippen LogP contribution in [-0.2, 0) is 14.8 Å². The molecule has 1 aliphatic rings. The first-order chi connectivity index (χ1) is 17.7. The first kappa shape index (κ1) is 25.0. The average molecular weight is 546 g/mol. The molecule has 1 aliphatic heterocycles. The fraction of sp³-hybridized carbons (Fsp3) is 0.250. The number of sulfonamides is 1. The number of rotatable bonds is 8. The van der Waals surface area contributed by atoms with Crippen LogP contribution < -0.4 is 9.62 Å². The molecule has 0 spiro atoms. The number of H-pyrrole nitrogens is 1. The van der Waals surface area contributed by atoms with Gasteiger partial charge in [-0.15, -0.1) is 11.3 Å². The van der Waals surface area contributed by atoms with Gasteiger partial charge in [0.05, 0.1) is 22.7 Å². The van der Waals surface area contributed by atoms with Gasteiger partial charge < -0.3 is 4.98 Å². The van der Waals surface area contributed by atoms with Gasteiger partial charge in [-0.3, -0.25) is 19.2 Å². The number of halogens is 2. The third-order valence-electron chi connectivity index (χ3n) is 5.92. The van der Waals surface area contributed by atoms with Crippen molar-refractivity contribution >= 4 is 54.9 Å². The van der Waals surface area contributed by atoms with E-state index < -0.39 is 38.7 Å². The standard InChI is InChI=1S/C24H21F2N5O4S2/c1-2-8-37(34,35)30-17-6-5-16(25)20(21(17)26)22(33)15-11-28-23-14(15)9-13(10-27-23)18-12-36-24(29-18)31-7-3-4-19(31)32/h5-6,9-12,30H,2-4,7-8H2,1H3,(H,27,28). The summed E-state index contributed by atoms with van der Waals surface area (Å²) in [5, 5.41) is 2.64. The molecule has 192 valence electrons. The van der Waals surface area contributed by atoms with Crippen molar-refractivity contribution in [3.05, 3.63) is 58.7 Å². The number of thiazole rings is 1. The molecule has 0 radical (unpaired) electrons. The summed E-state index contributed by atoms with van der Waals surface area (Å²) in [5.74, 6) is -3.65. The van der Waals surface area contributed by atoms with Crippen LogP contribution in [0.5, 0.6) is 0 Å². The molecule has 1 fully saturated rings. The van der Waals surface area contributed by atoms with Crippen molar-refractivity contribution in [3.63, 3.8) is 0 Å². The van der Waals surface area contributed by atoms with E-state index in [1.54, 1.807) is 29.5 Å². The number of hydrogen-bond donors (Lipinski definition) is 2. The van der Waals surface area contributed by atoms with Crippen LogP contribution in [0.3, 0.4) is 0 Å². The van der Waals surface area contributed by atoms with Crippen LogP contribution >= 0.6 is 11.3 Å². The number of anilines is 2. The van der Waals surface area contributed by atoms with Crippen LogP contribution in [0.4, 0.5) is 19.6 Å². The van der Waals surface area contributed by atoms with Gasteiger partial charge in [0.1, 0.15) is 11.5 Å². The third kappa shape index (κ3) is 4.71. The number of pyridine rings is 1. The number of amides is 1. The fourth-order valence-corrected chi connectivity index (χ4v) is 6.17. The number of carbonyl (C=O) groups is 2. The van der Waals surface area contributed by atoms with E-state index in [9.17, 15) is 22.4 Å². The summed E-state index contributed by atoms with van der Waals surface area (Å²) in [6, 6.07) is 3.41. The lowest BCUT2D eigenvalue weighted by atomic mass is 10.0. The highest BCUT2D eigenvalue weighted by atomic mass is 32.2. The third-order valence-corrected chi connectivity index (χ3v) is 8.26. The van der Waals surface area contributed by atoms with Crippen LogP contribution in [0.25, 0.3) is 22.3 Å². The molecule has 0 bridgehead atoms. The number of ketones is 1. The normalized spacial score (nSPS) is 14.0. The largest absolute Gasteiger partial charge is 0.345 e. The van der Waals surface area contributed by atoms with Gasteiger partial charge in [0.15, 0.2) is 10.9 Å². The zero-order chi connectivity index (χ0) is 26.3. The minimum absolute atomic E-state index is 0.0104. The lowest BCUT2D eigenvalue weighted by molar-refractivity contribution is -0.117. The Morgan fingerprint density at radius 2 is 2.11 bits per heavy atom. The minimum Gasteiger partial charge on any atom is -0.345 e. The highest BCUT2D eigenvalue weighted by Crippen LogP contribution is 2.33. The molecule has 0 unspecified atom stereocenters. The van der Waals surface area contributed by atoms with Gasteiger partial charge in [-0.25, -0.2) is 27.2 Å². The molecule has 1 aromatic carbocycles. The predicted molar refractivity (Wildman–Crippen MR) is 136 cm³/mol. The van der Waals surface area contributed by atoms with Gasteiger partial charge in [-0.2, -0.15) is 0 Å². The first-order valence-electron chi connectivity index (χ1n) is 11.4. The zero-order valence-electron chi connectivity index (χ0n) is 19.5. The monoisotopic (exact) mass is 545 g/mol. The van der Waals surface area contributed by atoms with E-state index in [0.717, 1.165) is 18.6 Å². The van der Waals surface area contributed by atoms with E-state index >= 15 is 4.39 Å². The van der Waals surface area contributed by atoms with Crippen LogP contribution in [0.1, 0.15) is 42.1 Å². The van der Waals surface area contributed by atoms with Crippen LogP contribution in [-0.4, -0.2) is 47.4 Å². The maximum atomic E-state index is 15.2. The second-order valence-corrected chi connectivity index (χ2v) is 11.2. The molecule has 0 atom stereocenters. The van der Waals surface area contributed by atoms with Gasteiger partial charge in [0, 0.05) is 47.3 Å². The molecular formula is C24H21F2N5O4S2. The Kier molecular flexibility index (Phi) is 6.50. The lowest BCUT2D eigenvalue weighted by Gasteiger charge is -2.11. The average Bonchev–Trinajstić information content (AvgIpc) is 3.59. The molecule has 13 heteroatoms. The molecule has 37 heavy (non-hydrogen) atoms. The highest BCUT2D eigenvalue weighted by Gasteiger charge is 2.27. The lowest BCUT2D eigenvalue weighted by Crippen LogP contribution is -2.23. The predicted octanol–water partition coefficient (Wildman–Crippen LogP) is 4.47. The summed E-state index contributed by atoms with van der Waals surface area (Å²) >= 11 is 1.31. The molecule has 2 N–H and O–H groups in total. The van der Waals surface area contributed by atoms with Crippen molar-refractivity contribution in [3.8, 4) is 11.3 Å². The molecule has 3 aromatic heterocycles. The van der Waals surface area contributed by atoms with Crippen LogP contribution in [0.15, 0.2) is 36.0 Å². The van der Waals surface area contributed by atoms with Crippen LogP contribution in [0.2, 0.25) is 0 Å². The molecule has 0 saturated carbocycles. The van der Waals surface area contributed by atoms with E-state index in [2.05, 4.69) is 19.7 Å². The van der Waals surface area contributed by atoms with E-state index in [4.69, 9.17) is 0 Å². The number of aromatic nitrogens is 3. The first-order valence-corrected chi connectivity index (χ1v) is 14.0. The second kappa shape index (κ2) is 9.63. The van der Waals surface area contributed by atoms with Gasteiger partial charge in [-0.1, -0.05) is 6.92 Å². The molecular weight excluding hydrogens is 524 g/mol. The van der Waals surface area contributed by atoms with Gasteiger partial charge in [0.25, 0.3) is 0 Å². The number of benzene rings is 1. The molecule has 5 rings (SSSR count). The zero-order valence-corrected chi connectivity index (χ0v) is 21.2. The summed E-state index contributed by atoms with van der Waals surface area (Å²) in [6.07, 6.45) is 4.38. The van der Waals surface area contributed by atoms with E-state index in [1.807, 2.05) is 0 Å². The Morgan fingerprint density at radius 3 is 2.84 bits per heavy atom. The summed E-state index contributed by atoms with van der Waals surface area (Å²) in [6.45, 7) is 2.25. The molecule has 4 heterocycles. The van der Waals surface area contributed by atoms with Crippen molar-refractivity contribution in [2.45, 2.75) is 26.2 Å². The molecule has 4 aromatic rings. The van der Waals surface area contributed by atoms with E-state index in [1.165, 1.54) is 17.5 Å². The number of nitrogens with zero attached hydrogens (tertiary/aromatic N) is 3. The van der Waals surface area contributed by atoms with Gasteiger partial charge in [-0.05, 0) is 31.0 Å². The van der Waals surface area contributed by atoms with Crippen molar-refractivity contribution in [1.29, 1.82) is 0 Å². The van der Waals surface area contributed by atoms with Crippen molar-refractivity contribution in [1.82, 2.24) is 15.0 Å². The van der Waals surface area contributed by atoms with Gasteiger partial charge in [0.2, 0.25) is 21.7 Å².